The van der Waals surface area contributed by atoms with Crippen molar-refractivity contribution in [3.63, 3.8) is 0 Å². The second-order valence-electron chi connectivity index (χ2n) is 3.46. The Labute approximate surface area is 93.9 Å². The third kappa shape index (κ3) is 1.95. The lowest BCUT2D eigenvalue weighted by Crippen LogP contribution is -2.17. The lowest BCUT2D eigenvalue weighted by Gasteiger charge is -2.07. The van der Waals surface area contributed by atoms with E-state index in [0.29, 0.717) is 5.52 Å². The minimum atomic E-state index is -4.31. The monoisotopic (exact) mass is 247 g/mol. The van der Waals surface area contributed by atoms with Crippen LogP contribution < -0.4 is 0 Å². The molecule has 0 saturated heterocycles. The van der Waals surface area contributed by atoms with Crippen molar-refractivity contribution in [2.24, 2.45) is 0 Å². The molecule has 2 rings (SSSR count). The van der Waals surface area contributed by atoms with E-state index in [1.54, 1.807) is 13.0 Å². The third-order valence-corrected chi connectivity index (χ3v) is 2.53. The number of nitrogens with zero attached hydrogens (tertiary/aromatic N) is 2. The summed E-state index contributed by atoms with van der Waals surface area (Å²) in [4.78, 5) is 6.65. The average Bonchev–Trinajstić information content (AvgIpc) is 2.44. The molecular weight excluding hydrogens is 239 g/mol. The molecule has 1 N–H and O–H groups in total. The van der Waals surface area contributed by atoms with Crippen LogP contribution >= 0.6 is 12.2 Å². The zero-order valence-corrected chi connectivity index (χ0v) is 9.11. The van der Waals surface area contributed by atoms with E-state index in [1.807, 2.05) is 0 Å². The highest BCUT2D eigenvalue weighted by Crippen LogP contribution is 2.22. The van der Waals surface area contributed by atoms with E-state index < -0.39 is 12.7 Å². The number of H-pyrrole nitrogens is 1. The Morgan fingerprint density at radius 3 is 2.81 bits per heavy atom. The van der Waals surface area contributed by atoms with E-state index in [-0.39, 0.29) is 10.4 Å². The van der Waals surface area contributed by atoms with E-state index in [9.17, 15) is 13.2 Å². The van der Waals surface area contributed by atoms with Crippen LogP contribution in [0.25, 0.3) is 11.2 Å². The summed E-state index contributed by atoms with van der Waals surface area (Å²) < 4.78 is 37.9. The molecule has 0 aliphatic heterocycles. The molecule has 16 heavy (non-hydrogen) atoms. The van der Waals surface area contributed by atoms with E-state index in [1.165, 1.54) is 6.20 Å². The van der Waals surface area contributed by atoms with Gasteiger partial charge in [-0.05, 0) is 30.8 Å². The highest BCUT2D eigenvalue weighted by Gasteiger charge is 2.29. The molecule has 2 heterocycles. The van der Waals surface area contributed by atoms with Crippen molar-refractivity contribution >= 4 is 23.4 Å². The van der Waals surface area contributed by atoms with Crippen LogP contribution in [0.2, 0.25) is 0 Å². The quantitative estimate of drug-likeness (QED) is 0.786. The van der Waals surface area contributed by atoms with Crippen LogP contribution in [0.5, 0.6) is 0 Å². The van der Waals surface area contributed by atoms with Crippen LogP contribution in [0.1, 0.15) is 5.56 Å². The molecule has 0 aliphatic rings. The molecule has 2 aromatic heterocycles. The van der Waals surface area contributed by atoms with Gasteiger partial charge in [0.25, 0.3) is 0 Å². The molecule has 0 aliphatic carbocycles. The van der Waals surface area contributed by atoms with Crippen molar-refractivity contribution in [2.45, 2.75) is 19.6 Å². The Kier molecular flexibility index (Phi) is 2.49. The number of aryl methyl sites for hydroxylation is 1. The standard InChI is InChI=1S/C9H8F3N3S/c1-5-2-3-13-7-6(5)14-8(16)15(7)4-9(10,11)12/h2-3H,4H2,1H3,(H,14,16). The largest absolute Gasteiger partial charge is 0.406 e. The Morgan fingerprint density at radius 1 is 1.50 bits per heavy atom. The lowest BCUT2D eigenvalue weighted by atomic mass is 10.3. The predicted molar refractivity (Wildman–Crippen MR) is 55.7 cm³/mol. The van der Waals surface area contributed by atoms with Gasteiger partial charge in [0.15, 0.2) is 10.4 Å². The van der Waals surface area contributed by atoms with Gasteiger partial charge in [-0.2, -0.15) is 13.2 Å². The first kappa shape index (κ1) is 11.1. The first-order valence-electron chi connectivity index (χ1n) is 4.49. The summed E-state index contributed by atoms with van der Waals surface area (Å²) in [5, 5.41) is 0. The molecule has 7 heteroatoms. The van der Waals surface area contributed by atoms with Gasteiger partial charge in [0.05, 0.1) is 5.52 Å². The van der Waals surface area contributed by atoms with Crippen molar-refractivity contribution in [3.05, 3.63) is 22.6 Å². The number of imidazole rings is 1. The molecule has 86 valence electrons. The zero-order valence-electron chi connectivity index (χ0n) is 8.30. The van der Waals surface area contributed by atoms with Gasteiger partial charge >= 0.3 is 6.18 Å². The van der Waals surface area contributed by atoms with Gasteiger partial charge in [-0.3, -0.25) is 4.57 Å². The fourth-order valence-corrected chi connectivity index (χ4v) is 1.75. The number of halogens is 3. The zero-order chi connectivity index (χ0) is 11.9. The van der Waals surface area contributed by atoms with Crippen molar-refractivity contribution in [2.75, 3.05) is 0 Å². The molecule has 0 fully saturated rings. The summed E-state index contributed by atoms with van der Waals surface area (Å²) in [5.41, 5.74) is 1.61. The SMILES string of the molecule is Cc1ccnc2c1[nH]c(=S)n2CC(F)(F)F. The minimum Gasteiger partial charge on any atom is -0.329 e. The molecule has 0 bridgehead atoms. The minimum absolute atomic E-state index is 0.0362. The molecule has 0 unspecified atom stereocenters. The highest BCUT2D eigenvalue weighted by atomic mass is 32.1. The number of rotatable bonds is 1. The summed E-state index contributed by atoms with van der Waals surface area (Å²) in [6.45, 7) is 0.662. The van der Waals surface area contributed by atoms with Gasteiger partial charge in [-0.1, -0.05) is 0 Å². The van der Waals surface area contributed by atoms with Crippen LogP contribution in [0.3, 0.4) is 0 Å². The number of alkyl halides is 3. The fraction of sp³-hybridized carbons (Fsp3) is 0.333. The van der Waals surface area contributed by atoms with Gasteiger partial charge in [0.1, 0.15) is 6.54 Å². The average molecular weight is 247 g/mol. The van der Waals surface area contributed by atoms with Gasteiger partial charge in [0.2, 0.25) is 0 Å². The lowest BCUT2D eigenvalue weighted by molar-refractivity contribution is -0.140. The number of fused-ring (bicyclic) bond motifs is 1. The summed E-state index contributed by atoms with van der Waals surface area (Å²) in [7, 11) is 0. The summed E-state index contributed by atoms with van der Waals surface area (Å²) in [5.74, 6) is 0. The smallest absolute Gasteiger partial charge is 0.329 e. The maximum atomic E-state index is 12.3. The fourth-order valence-electron chi connectivity index (χ4n) is 1.50. The Balaban J connectivity index is 2.66. The van der Waals surface area contributed by atoms with Gasteiger partial charge in [-0.25, -0.2) is 4.98 Å². The van der Waals surface area contributed by atoms with Crippen molar-refractivity contribution < 1.29 is 13.2 Å². The van der Waals surface area contributed by atoms with Crippen LogP contribution in [0.15, 0.2) is 12.3 Å². The van der Waals surface area contributed by atoms with E-state index in [4.69, 9.17) is 12.2 Å². The van der Waals surface area contributed by atoms with Gasteiger partial charge < -0.3 is 4.98 Å². The van der Waals surface area contributed by atoms with Crippen LogP contribution in [0.4, 0.5) is 13.2 Å². The Hall–Kier alpha value is -1.37. The number of pyridine rings is 1. The molecular formula is C9H8F3N3S. The number of nitrogens with one attached hydrogen (secondary N) is 1. The predicted octanol–water partition coefficient (Wildman–Crippen LogP) is 2.96. The molecule has 0 radical (unpaired) electrons. The molecule has 0 spiro atoms. The Morgan fingerprint density at radius 2 is 2.19 bits per heavy atom. The molecule has 2 aromatic rings. The second-order valence-corrected chi connectivity index (χ2v) is 3.84. The van der Waals surface area contributed by atoms with Crippen molar-refractivity contribution in [3.8, 4) is 0 Å². The first-order valence-corrected chi connectivity index (χ1v) is 4.90. The molecule has 0 amide bonds. The highest BCUT2D eigenvalue weighted by molar-refractivity contribution is 7.71. The summed E-state index contributed by atoms with van der Waals surface area (Å²) >= 11 is 4.85. The molecule has 0 saturated carbocycles. The van der Waals surface area contributed by atoms with Crippen molar-refractivity contribution in [1.82, 2.24) is 14.5 Å². The third-order valence-electron chi connectivity index (χ3n) is 2.21. The normalized spacial score (nSPS) is 12.2. The molecule has 0 aromatic carbocycles. The van der Waals surface area contributed by atoms with E-state index >= 15 is 0 Å². The number of aromatic amines is 1. The van der Waals surface area contributed by atoms with Crippen molar-refractivity contribution in [1.29, 1.82) is 0 Å². The van der Waals surface area contributed by atoms with Crippen LogP contribution in [-0.4, -0.2) is 20.7 Å². The maximum absolute atomic E-state index is 12.3. The Bertz CT molecular complexity index is 582. The number of hydrogen-bond acceptors (Lipinski definition) is 2. The number of hydrogen-bond donors (Lipinski definition) is 1. The van der Waals surface area contributed by atoms with Gasteiger partial charge in [-0.15, -0.1) is 0 Å². The van der Waals surface area contributed by atoms with Crippen LogP contribution in [0, 0.1) is 11.7 Å². The molecule has 0 atom stereocenters. The van der Waals surface area contributed by atoms with Gasteiger partial charge in [0, 0.05) is 6.20 Å². The van der Waals surface area contributed by atoms with Crippen LogP contribution in [-0.2, 0) is 6.54 Å². The first-order chi connectivity index (χ1) is 7.38. The van der Waals surface area contributed by atoms with E-state index in [0.717, 1.165) is 10.1 Å². The molecule has 3 nitrogen and oxygen atoms in total. The summed E-state index contributed by atoms with van der Waals surface area (Å²) in [6, 6.07) is 1.71. The number of aromatic nitrogens is 3. The van der Waals surface area contributed by atoms with E-state index in [2.05, 4.69) is 9.97 Å². The summed E-state index contributed by atoms with van der Waals surface area (Å²) in [6.07, 6.45) is -2.84. The topological polar surface area (TPSA) is 33.6 Å². The maximum Gasteiger partial charge on any atom is 0.406 e. The second kappa shape index (κ2) is 3.58.